The second-order valence-corrected chi connectivity index (χ2v) is 4.78. The largest absolute Gasteiger partial charge is 0.407 e. The standard InChI is InChI=1S/C13H26N4O2/c1-4-5-8-18-9-6-7-14-13-17-16-12(19-13)10-15-11(2)3/h11,15H,4-10H2,1-3H3,(H,14,17). The quantitative estimate of drug-likeness (QED) is 0.601. The molecule has 0 atom stereocenters. The van der Waals surface area contributed by atoms with Gasteiger partial charge in [0, 0.05) is 25.8 Å². The second kappa shape index (κ2) is 9.75. The first-order chi connectivity index (χ1) is 9.22. The molecule has 1 rings (SSSR count). The number of nitrogens with zero attached hydrogens (tertiary/aromatic N) is 2. The second-order valence-electron chi connectivity index (χ2n) is 4.78. The van der Waals surface area contributed by atoms with Gasteiger partial charge in [0.15, 0.2) is 0 Å². The first kappa shape index (κ1) is 15.9. The minimum absolute atomic E-state index is 0.406. The third-order valence-electron chi connectivity index (χ3n) is 2.51. The lowest BCUT2D eigenvalue weighted by atomic mass is 10.4. The molecular formula is C13H26N4O2. The van der Waals surface area contributed by atoms with E-state index in [2.05, 4.69) is 41.6 Å². The summed E-state index contributed by atoms with van der Waals surface area (Å²) in [5.74, 6) is 0.607. The molecule has 110 valence electrons. The van der Waals surface area contributed by atoms with Crippen LogP contribution in [0.1, 0.15) is 45.9 Å². The average Bonchev–Trinajstić information content (AvgIpc) is 2.83. The van der Waals surface area contributed by atoms with Crippen LogP contribution in [0, 0.1) is 0 Å². The van der Waals surface area contributed by atoms with Crippen LogP contribution in [0.2, 0.25) is 0 Å². The minimum atomic E-state index is 0.406. The number of aromatic nitrogens is 2. The summed E-state index contributed by atoms with van der Waals surface area (Å²) in [5, 5.41) is 14.2. The molecule has 0 radical (unpaired) electrons. The smallest absolute Gasteiger partial charge is 0.315 e. The van der Waals surface area contributed by atoms with Gasteiger partial charge in [-0.05, 0) is 12.8 Å². The van der Waals surface area contributed by atoms with Crippen LogP contribution in [0.3, 0.4) is 0 Å². The van der Waals surface area contributed by atoms with E-state index in [1.165, 1.54) is 6.42 Å². The van der Waals surface area contributed by atoms with Crippen LogP contribution in [0.15, 0.2) is 4.42 Å². The summed E-state index contributed by atoms with van der Waals surface area (Å²) < 4.78 is 10.9. The topological polar surface area (TPSA) is 72.2 Å². The van der Waals surface area contributed by atoms with Gasteiger partial charge in [-0.3, -0.25) is 0 Å². The summed E-state index contributed by atoms with van der Waals surface area (Å²) in [6.45, 7) is 9.32. The molecule has 1 heterocycles. The van der Waals surface area contributed by atoms with Crippen LogP contribution in [0.4, 0.5) is 6.01 Å². The summed E-state index contributed by atoms with van der Waals surface area (Å²) >= 11 is 0. The molecule has 0 saturated heterocycles. The summed E-state index contributed by atoms with van der Waals surface area (Å²) in [6, 6.07) is 0.887. The number of anilines is 1. The van der Waals surface area contributed by atoms with Gasteiger partial charge < -0.3 is 19.8 Å². The maximum absolute atomic E-state index is 5.47. The van der Waals surface area contributed by atoms with Crippen molar-refractivity contribution in [1.82, 2.24) is 15.5 Å². The zero-order chi connectivity index (χ0) is 13.9. The summed E-state index contributed by atoms with van der Waals surface area (Å²) in [7, 11) is 0. The van der Waals surface area contributed by atoms with Gasteiger partial charge in [0.05, 0.1) is 6.54 Å². The predicted octanol–water partition coefficient (Wildman–Crippen LogP) is 2.19. The number of unbranched alkanes of at least 4 members (excludes halogenated alkanes) is 1. The molecule has 0 aliphatic carbocycles. The number of rotatable bonds is 11. The van der Waals surface area contributed by atoms with Gasteiger partial charge in [-0.1, -0.05) is 32.3 Å². The number of hydrogen-bond donors (Lipinski definition) is 2. The van der Waals surface area contributed by atoms with Gasteiger partial charge in [-0.2, -0.15) is 0 Å². The van der Waals surface area contributed by atoms with Gasteiger partial charge in [0.2, 0.25) is 5.89 Å². The molecule has 0 fully saturated rings. The molecule has 0 aliphatic heterocycles. The molecule has 1 aromatic rings. The first-order valence-electron chi connectivity index (χ1n) is 7.09. The number of hydrogen-bond acceptors (Lipinski definition) is 6. The maximum Gasteiger partial charge on any atom is 0.315 e. The molecule has 0 aromatic carbocycles. The van der Waals surface area contributed by atoms with Crippen molar-refractivity contribution < 1.29 is 9.15 Å². The molecule has 0 amide bonds. The highest BCUT2D eigenvalue weighted by Crippen LogP contribution is 2.05. The third-order valence-corrected chi connectivity index (χ3v) is 2.51. The van der Waals surface area contributed by atoms with Gasteiger partial charge in [-0.15, -0.1) is 5.10 Å². The Balaban J connectivity index is 2.06. The first-order valence-corrected chi connectivity index (χ1v) is 7.09. The Morgan fingerprint density at radius 1 is 1.21 bits per heavy atom. The summed E-state index contributed by atoms with van der Waals surface area (Å²) in [4.78, 5) is 0. The molecule has 0 unspecified atom stereocenters. The average molecular weight is 270 g/mol. The lowest BCUT2D eigenvalue weighted by Gasteiger charge is -2.04. The van der Waals surface area contributed by atoms with E-state index in [0.29, 0.717) is 24.5 Å². The van der Waals surface area contributed by atoms with E-state index in [1.54, 1.807) is 0 Å². The van der Waals surface area contributed by atoms with Gasteiger partial charge >= 0.3 is 6.01 Å². The minimum Gasteiger partial charge on any atom is -0.407 e. The van der Waals surface area contributed by atoms with Gasteiger partial charge in [0.1, 0.15) is 0 Å². The van der Waals surface area contributed by atoms with Gasteiger partial charge in [-0.25, -0.2) is 0 Å². The van der Waals surface area contributed by atoms with E-state index < -0.39 is 0 Å². The normalized spacial score (nSPS) is 11.2. The Morgan fingerprint density at radius 2 is 2.00 bits per heavy atom. The lowest BCUT2D eigenvalue weighted by Crippen LogP contribution is -2.21. The van der Waals surface area contributed by atoms with E-state index in [-0.39, 0.29) is 0 Å². The highest BCUT2D eigenvalue weighted by Gasteiger charge is 2.05. The fourth-order valence-electron chi connectivity index (χ4n) is 1.41. The van der Waals surface area contributed by atoms with Crippen molar-refractivity contribution in [3.05, 3.63) is 5.89 Å². The lowest BCUT2D eigenvalue weighted by molar-refractivity contribution is 0.131. The SMILES string of the molecule is CCCCOCCCNc1nnc(CNC(C)C)o1. The van der Waals surface area contributed by atoms with Crippen molar-refractivity contribution in [2.24, 2.45) is 0 Å². The van der Waals surface area contributed by atoms with Crippen molar-refractivity contribution in [3.63, 3.8) is 0 Å². The number of ether oxygens (including phenoxy) is 1. The van der Waals surface area contributed by atoms with Crippen molar-refractivity contribution in [3.8, 4) is 0 Å². The van der Waals surface area contributed by atoms with Crippen molar-refractivity contribution >= 4 is 6.01 Å². The molecule has 0 bridgehead atoms. The van der Waals surface area contributed by atoms with Crippen LogP contribution >= 0.6 is 0 Å². The Labute approximate surface area is 115 Å². The molecule has 1 aromatic heterocycles. The van der Waals surface area contributed by atoms with Crippen molar-refractivity contribution in [2.75, 3.05) is 25.1 Å². The van der Waals surface area contributed by atoms with E-state index >= 15 is 0 Å². The van der Waals surface area contributed by atoms with E-state index in [0.717, 1.165) is 32.6 Å². The molecule has 0 spiro atoms. The molecule has 0 saturated carbocycles. The Morgan fingerprint density at radius 3 is 2.74 bits per heavy atom. The molecule has 6 nitrogen and oxygen atoms in total. The van der Waals surface area contributed by atoms with Crippen LogP contribution in [-0.4, -0.2) is 36.0 Å². The fraction of sp³-hybridized carbons (Fsp3) is 0.846. The zero-order valence-electron chi connectivity index (χ0n) is 12.2. The van der Waals surface area contributed by atoms with Crippen molar-refractivity contribution in [2.45, 2.75) is 52.6 Å². The zero-order valence-corrected chi connectivity index (χ0v) is 12.2. The van der Waals surface area contributed by atoms with Gasteiger partial charge in [0.25, 0.3) is 0 Å². The maximum atomic E-state index is 5.47. The third kappa shape index (κ3) is 7.79. The van der Waals surface area contributed by atoms with Crippen molar-refractivity contribution in [1.29, 1.82) is 0 Å². The number of nitrogens with one attached hydrogen (secondary N) is 2. The molecule has 2 N–H and O–H groups in total. The van der Waals surface area contributed by atoms with Crippen LogP contribution < -0.4 is 10.6 Å². The summed E-state index contributed by atoms with van der Waals surface area (Å²) in [5.41, 5.74) is 0. The molecule has 19 heavy (non-hydrogen) atoms. The molecule has 0 aliphatic rings. The highest BCUT2D eigenvalue weighted by molar-refractivity contribution is 5.16. The van der Waals surface area contributed by atoms with Crippen LogP contribution in [0.25, 0.3) is 0 Å². The summed E-state index contributed by atoms with van der Waals surface area (Å²) in [6.07, 6.45) is 3.24. The monoisotopic (exact) mass is 270 g/mol. The van der Waals surface area contributed by atoms with E-state index in [4.69, 9.17) is 9.15 Å². The van der Waals surface area contributed by atoms with Crippen LogP contribution in [0.5, 0.6) is 0 Å². The Hall–Kier alpha value is -1.14. The highest BCUT2D eigenvalue weighted by atomic mass is 16.5. The van der Waals surface area contributed by atoms with E-state index in [9.17, 15) is 0 Å². The van der Waals surface area contributed by atoms with Crippen LogP contribution in [-0.2, 0) is 11.3 Å². The Bertz CT molecular complexity index is 328. The van der Waals surface area contributed by atoms with E-state index in [1.807, 2.05) is 0 Å². The molecule has 6 heteroatoms. The predicted molar refractivity (Wildman–Crippen MR) is 75.1 cm³/mol. The fourth-order valence-corrected chi connectivity index (χ4v) is 1.41. The Kier molecular flexibility index (Phi) is 8.16. The molecular weight excluding hydrogens is 244 g/mol.